The van der Waals surface area contributed by atoms with E-state index in [1.54, 1.807) is 22.2 Å². The Morgan fingerprint density at radius 2 is 2.16 bits per heavy atom. The highest BCUT2D eigenvalue weighted by molar-refractivity contribution is 7.18. The molecular weight excluding hydrogens is 332 g/mol. The van der Waals surface area contributed by atoms with Crippen molar-refractivity contribution < 1.29 is 4.74 Å². The summed E-state index contributed by atoms with van der Waals surface area (Å²) in [7, 11) is 0. The molecule has 0 spiro atoms. The molecule has 2 heterocycles. The third-order valence-corrected chi connectivity index (χ3v) is 5.94. The summed E-state index contributed by atoms with van der Waals surface area (Å²) >= 11 is 1.70. The van der Waals surface area contributed by atoms with Crippen LogP contribution in [-0.4, -0.2) is 16.2 Å². The molecule has 1 aliphatic rings. The molecule has 3 aromatic rings. The van der Waals surface area contributed by atoms with Crippen molar-refractivity contribution in [1.82, 2.24) is 9.55 Å². The molecule has 0 amide bonds. The minimum atomic E-state index is 0.111. The summed E-state index contributed by atoms with van der Waals surface area (Å²) in [6.07, 6.45) is 7.00. The van der Waals surface area contributed by atoms with Gasteiger partial charge in [-0.05, 0) is 62.3 Å². The summed E-state index contributed by atoms with van der Waals surface area (Å²) in [6.45, 7) is 3.28. The first kappa shape index (κ1) is 16.3. The van der Waals surface area contributed by atoms with Crippen molar-refractivity contribution in [2.75, 3.05) is 6.61 Å². The number of nitrogens with zero attached hydrogens (tertiary/aromatic N) is 2. The van der Waals surface area contributed by atoms with E-state index >= 15 is 0 Å². The van der Waals surface area contributed by atoms with E-state index in [1.165, 1.54) is 28.8 Å². The Kier molecular flexibility index (Phi) is 4.57. The molecule has 0 unspecified atom stereocenters. The fraction of sp³-hybridized carbons (Fsp3) is 0.400. The number of rotatable bonds is 5. The molecule has 130 valence electrons. The van der Waals surface area contributed by atoms with Gasteiger partial charge in [-0.1, -0.05) is 12.1 Å². The summed E-state index contributed by atoms with van der Waals surface area (Å²) in [5.41, 5.74) is 2.56. The average Bonchev–Trinajstić information content (AvgIpc) is 3.00. The zero-order valence-corrected chi connectivity index (χ0v) is 15.3. The van der Waals surface area contributed by atoms with Crippen molar-refractivity contribution in [2.45, 2.75) is 45.6 Å². The van der Waals surface area contributed by atoms with E-state index in [4.69, 9.17) is 4.74 Å². The van der Waals surface area contributed by atoms with Crippen molar-refractivity contribution in [1.29, 1.82) is 0 Å². The van der Waals surface area contributed by atoms with Crippen LogP contribution in [0.2, 0.25) is 0 Å². The maximum atomic E-state index is 12.9. The van der Waals surface area contributed by atoms with Gasteiger partial charge >= 0.3 is 0 Å². The van der Waals surface area contributed by atoms with E-state index in [-0.39, 0.29) is 5.56 Å². The van der Waals surface area contributed by atoms with Crippen LogP contribution in [-0.2, 0) is 19.4 Å². The van der Waals surface area contributed by atoms with Crippen LogP contribution in [0.3, 0.4) is 0 Å². The molecule has 1 aliphatic carbocycles. The van der Waals surface area contributed by atoms with Gasteiger partial charge in [0.1, 0.15) is 10.6 Å². The first-order valence-electron chi connectivity index (χ1n) is 8.91. The second kappa shape index (κ2) is 7.00. The molecular formula is C20H22N2O2S. The largest absolute Gasteiger partial charge is 0.494 e. The third kappa shape index (κ3) is 3.33. The van der Waals surface area contributed by atoms with Crippen LogP contribution in [0.1, 0.15) is 35.3 Å². The number of hydrogen-bond donors (Lipinski definition) is 0. The van der Waals surface area contributed by atoms with E-state index in [0.717, 1.165) is 35.2 Å². The van der Waals surface area contributed by atoms with Gasteiger partial charge in [-0.3, -0.25) is 9.36 Å². The van der Waals surface area contributed by atoms with Gasteiger partial charge in [0.15, 0.2) is 0 Å². The van der Waals surface area contributed by atoms with Crippen molar-refractivity contribution in [3.63, 3.8) is 0 Å². The van der Waals surface area contributed by atoms with Gasteiger partial charge in [0, 0.05) is 11.4 Å². The Morgan fingerprint density at radius 1 is 1.28 bits per heavy atom. The first-order chi connectivity index (χ1) is 12.2. The summed E-state index contributed by atoms with van der Waals surface area (Å²) in [5, 5.41) is 0.863. The fourth-order valence-corrected chi connectivity index (χ4v) is 4.69. The van der Waals surface area contributed by atoms with Crippen LogP contribution in [0.5, 0.6) is 5.75 Å². The lowest BCUT2D eigenvalue weighted by molar-refractivity contribution is 0.300. The average molecular weight is 354 g/mol. The number of aryl methyl sites for hydroxylation is 4. The number of fused-ring (bicyclic) bond motifs is 3. The van der Waals surface area contributed by atoms with E-state index < -0.39 is 0 Å². The van der Waals surface area contributed by atoms with Gasteiger partial charge < -0.3 is 4.74 Å². The van der Waals surface area contributed by atoms with Crippen LogP contribution in [0.15, 0.2) is 35.4 Å². The third-order valence-electron chi connectivity index (χ3n) is 4.74. The number of hydrogen-bond acceptors (Lipinski definition) is 4. The molecule has 0 radical (unpaired) electrons. The molecule has 0 atom stereocenters. The molecule has 0 saturated heterocycles. The predicted molar refractivity (Wildman–Crippen MR) is 102 cm³/mol. The minimum absolute atomic E-state index is 0.111. The standard InChI is InChI=1S/C20H22N2O2S/c1-14-6-4-7-15(12-14)24-11-5-10-22-13-21-19-18(20(22)23)16-8-2-3-9-17(16)25-19/h4,6-7,12-13H,2-3,5,8-11H2,1H3. The van der Waals surface area contributed by atoms with Crippen LogP contribution in [0.25, 0.3) is 10.2 Å². The van der Waals surface area contributed by atoms with Gasteiger partial charge in [-0.25, -0.2) is 4.98 Å². The van der Waals surface area contributed by atoms with Gasteiger partial charge in [0.2, 0.25) is 0 Å². The highest BCUT2D eigenvalue weighted by atomic mass is 32.1. The van der Waals surface area contributed by atoms with Gasteiger partial charge in [0.05, 0.1) is 18.3 Å². The molecule has 0 fully saturated rings. The number of thiophene rings is 1. The van der Waals surface area contributed by atoms with E-state index in [0.29, 0.717) is 13.2 Å². The van der Waals surface area contributed by atoms with Crippen LogP contribution >= 0.6 is 11.3 Å². The van der Waals surface area contributed by atoms with Gasteiger partial charge in [-0.15, -0.1) is 11.3 Å². The lowest BCUT2D eigenvalue weighted by atomic mass is 9.97. The lowest BCUT2D eigenvalue weighted by Gasteiger charge is -2.11. The molecule has 0 bridgehead atoms. The second-order valence-electron chi connectivity index (χ2n) is 6.65. The summed E-state index contributed by atoms with van der Waals surface area (Å²) in [4.78, 5) is 19.7. The molecule has 5 heteroatoms. The Hall–Kier alpha value is -2.14. The maximum absolute atomic E-state index is 12.9. The van der Waals surface area contributed by atoms with Crippen molar-refractivity contribution in [2.24, 2.45) is 0 Å². The molecule has 2 aromatic heterocycles. The zero-order chi connectivity index (χ0) is 17.2. The smallest absolute Gasteiger partial charge is 0.262 e. The van der Waals surface area contributed by atoms with Gasteiger partial charge in [0.25, 0.3) is 5.56 Å². The van der Waals surface area contributed by atoms with Crippen LogP contribution in [0.4, 0.5) is 0 Å². The van der Waals surface area contributed by atoms with E-state index in [1.807, 2.05) is 18.2 Å². The van der Waals surface area contributed by atoms with Gasteiger partial charge in [-0.2, -0.15) is 0 Å². The lowest BCUT2D eigenvalue weighted by Crippen LogP contribution is -2.22. The second-order valence-corrected chi connectivity index (χ2v) is 7.74. The monoisotopic (exact) mass is 354 g/mol. The number of benzene rings is 1. The maximum Gasteiger partial charge on any atom is 0.262 e. The Bertz CT molecular complexity index is 958. The Labute approximate surface area is 151 Å². The predicted octanol–water partition coefficient (Wildman–Crippen LogP) is 4.11. The Balaban J connectivity index is 1.46. The molecule has 4 nitrogen and oxygen atoms in total. The fourth-order valence-electron chi connectivity index (χ4n) is 3.47. The summed E-state index contributed by atoms with van der Waals surface area (Å²) in [6, 6.07) is 8.03. The highest BCUT2D eigenvalue weighted by Crippen LogP contribution is 2.33. The molecule has 25 heavy (non-hydrogen) atoms. The molecule has 1 aromatic carbocycles. The molecule has 0 saturated carbocycles. The zero-order valence-electron chi connectivity index (χ0n) is 14.5. The van der Waals surface area contributed by atoms with E-state index in [9.17, 15) is 4.79 Å². The molecule has 0 N–H and O–H groups in total. The number of ether oxygens (including phenoxy) is 1. The Morgan fingerprint density at radius 3 is 3.04 bits per heavy atom. The van der Waals surface area contributed by atoms with Crippen molar-refractivity contribution >= 4 is 21.6 Å². The SMILES string of the molecule is Cc1cccc(OCCCn2cnc3sc4c(c3c2=O)CCCC4)c1. The first-order valence-corrected chi connectivity index (χ1v) is 9.73. The van der Waals surface area contributed by atoms with E-state index in [2.05, 4.69) is 18.0 Å². The minimum Gasteiger partial charge on any atom is -0.494 e. The number of aromatic nitrogens is 2. The molecule has 0 aliphatic heterocycles. The summed E-state index contributed by atoms with van der Waals surface area (Å²) < 4.78 is 7.52. The normalized spacial score (nSPS) is 13.8. The van der Waals surface area contributed by atoms with Crippen LogP contribution in [0, 0.1) is 6.92 Å². The highest BCUT2D eigenvalue weighted by Gasteiger charge is 2.19. The van der Waals surface area contributed by atoms with Crippen LogP contribution < -0.4 is 10.3 Å². The topological polar surface area (TPSA) is 44.1 Å². The van der Waals surface area contributed by atoms with Crippen molar-refractivity contribution in [3.8, 4) is 5.75 Å². The quantitative estimate of drug-likeness (QED) is 0.648. The summed E-state index contributed by atoms with van der Waals surface area (Å²) in [5.74, 6) is 0.882. The van der Waals surface area contributed by atoms with Crippen molar-refractivity contribution in [3.05, 3.63) is 57.0 Å². The molecule has 4 rings (SSSR count).